The van der Waals surface area contributed by atoms with Crippen LogP contribution in [0.15, 0.2) is 36.9 Å². The Morgan fingerprint density at radius 3 is 2.41 bits per heavy atom. The Morgan fingerprint density at radius 2 is 1.94 bits per heavy atom. The van der Waals surface area contributed by atoms with Gasteiger partial charge >= 0.3 is 0 Å². The lowest BCUT2D eigenvalue weighted by Gasteiger charge is -2.23. The van der Waals surface area contributed by atoms with Gasteiger partial charge in [0.15, 0.2) is 0 Å². The minimum atomic E-state index is 0.156. The molecule has 1 atom stereocenters. The van der Waals surface area contributed by atoms with Crippen molar-refractivity contribution < 1.29 is 0 Å². The number of hydrogen-bond donors (Lipinski definition) is 1. The van der Waals surface area contributed by atoms with Gasteiger partial charge in [-0.2, -0.15) is 0 Å². The van der Waals surface area contributed by atoms with E-state index in [1.807, 2.05) is 6.08 Å². The molecule has 0 unspecified atom stereocenters. The molecule has 1 aromatic rings. The van der Waals surface area contributed by atoms with Crippen molar-refractivity contribution in [3.8, 4) is 0 Å². The molecule has 1 rings (SSSR count). The largest absolute Gasteiger partial charge is 0.368 e. The highest BCUT2D eigenvalue weighted by atomic mass is 15.1. The topological polar surface area (TPSA) is 29.3 Å². The summed E-state index contributed by atoms with van der Waals surface area (Å²) in [6.07, 6.45) is 4.07. The van der Waals surface area contributed by atoms with E-state index in [9.17, 15) is 0 Å². The number of anilines is 1. The van der Waals surface area contributed by atoms with Crippen molar-refractivity contribution >= 4 is 5.69 Å². The monoisotopic (exact) mass is 232 g/mol. The first-order valence-electron chi connectivity index (χ1n) is 6.44. The standard InChI is InChI=1S/C15H24N2/c1-4-11-17(12-5-2)14-9-7-13(8-10-14)15(16)6-3/h4,7-10,15H,1,5-6,11-12,16H2,2-3H3/t15-/m1/s1. The average Bonchev–Trinajstić information content (AvgIpc) is 2.38. The van der Waals surface area contributed by atoms with Crippen LogP contribution in [0.4, 0.5) is 5.69 Å². The summed E-state index contributed by atoms with van der Waals surface area (Å²) in [5, 5.41) is 0. The number of nitrogens with zero attached hydrogens (tertiary/aromatic N) is 1. The quantitative estimate of drug-likeness (QED) is 0.729. The zero-order chi connectivity index (χ0) is 12.7. The van der Waals surface area contributed by atoms with Gasteiger partial charge in [-0.1, -0.05) is 32.1 Å². The molecule has 2 heteroatoms. The Kier molecular flexibility index (Phi) is 5.78. The Labute approximate surface area is 105 Å². The van der Waals surface area contributed by atoms with E-state index in [0.29, 0.717) is 0 Å². The van der Waals surface area contributed by atoms with Crippen molar-refractivity contribution in [1.29, 1.82) is 0 Å². The normalized spacial score (nSPS) is 12.2. The third-order valence-electron chi connectivity index (χ3n) is 2.97. The molecule has 0 saturated heterocycles. The summed E-state index contributed by atoms with van der Waals surface area (Å²) in [7, 11) is 0. The molecule has 1 aromatic carbocycles. The van der Waals surface area contributed by atoms with E-state index in [0.717, 1.165) is 25.9 Å². The van der Waals surface area contributed by atoms with E-state index in [1.54, 1.807) is 0 Å². The number of nitrogens with two attached hydrogens (primary N) is 1. The van der Waals surface area contributed by atoms with Gasteiger partial charge in [-0.25, -0.2) is 0 Å². The second kappa shape index (κ2) is 7.13. The molecule has 0 spiro atoms. The highest BCUT2D eigenvalue weighted by molar-refractivity contribution is 5.48. The lowest BCUT2D eigenvalue weighted by atomic mass is 10.1. The van der Waals surface area contributed by atoms with Crippen LogP contribution in [0.2, 0.25) is 0 Å². The molecular weight excluding hydrogens is 208 g/mol. The van der Waals surface area contributed by atoms with E-state index < -0.39 is 0 Å². The maximum absolute atomic E-state index is 6.01. The molecule has 0 aromatic heterocycles. The van der Waals surface area contributed by atoms with Crippen molar-refractivity contribution in [3.63, 3.8) is 0 Å². The molecule has 17 heavy (non-hydrogen) atoms. The van der Waals surface area contributed by atoms with Crippen LogP contribution in [0.3, 0.4) is 0 Å². The fourth-order valence-corrected chi connectivity index (χ4v) is 1.92. The third kappa shape index (κ3) is 3.90. The summed E-state index contributed by atoms with van der Waals surface area (Å²) in [5.74, 6) is 0. The van der Waals surface area contributed by atoms with Crippen LogP contribution < -0.4 is 10.6 Å². The van der Waals surface area contributed by atoms with Gasteiger partial charge in [0.1, 0.15) is 0 Å². The van der Waals surface area contributed by atoms with E-state index in [4.69, 9.17) is 5.73 Å². The highest BCUT2D eigenvalue weighted by Crippen LogP contribution is 2.19. The second-order valence-electron chi connectivity index (χ2n) is 4.34. The van der Waals surface area contributed by atoms with Gasteiger partial charge in [0.05, 0.1) is 0 Å². The SMILES string of the molecule is C=CCN(CCC)c1ccc([C@H](N)CC)cc1. The van der Waals surface area contributed by atoms with Crippen molar-refractivity contribution in [2.45, 2.75) is 32.7 Å². The molecule has 0 aliphatic rings. The van der Waals surface area contributed by atoms with Crippen LogP contribution in [0.5, 0.6) is 0 Å². The van der Waals surface area contributed by atoms with E-state index in [-0.39, 0.29) is 6.04 Å². The van der Waals surface area contributed by atoms with Crippen molar-refractivity contribution in [1.82, 2.24) is 0 Å². The fourth-order valence-electron chi connectivity index (χ4n) is 1.92. The van der Waals surface area contributed by atoms with Crippen LogP contribution in [0, 0.1) is 0 Å². The summed E-state index contributed by atoms with van der Waals surface area (Å²) < 4.78 is 0. The molecule has 2 N–H and O–H groups in total. The van der Waals surface area contributed by atoms with E-state index >= 15 is 0 Å². The van der Waals surface area contributed by atoms with Crippen molar-refractivity contribution in [2.75, 3.05) is 18.0 Å². The van der Waals surface area contributed by atoms with E-state index in [2.05, 4.69) is 49.6 Å². The minimum Gasteiger partial charge on any atom is -0.368 e. The van der Waals surface area contributed by atoms with Crippen LogP contribution >= 0.6 is 0 Å². The molecule has 0 saturated carbocycles. The Balaban J connectivity index is 2.79. The van der Waals surface area contributed by atoms with E-state index in [1.165, 1.54) is 11.3 Å². The maximum Gasteiger partial charge on any atom is 0.0369 e. The number of rotatable bonds is 7. The molecular formula is C15H24N2. The van der Waals surface area contributed by atoms with Gasteiger partial charge in [-0.05, 0) is 30.5 Å². The van der Waals surface area contributed by atoms with Gasteiger partial charge in [-0.15, -0.1) is 6.58 Å². The Bertz CT molecular complexity index is 329. The average molecular weight is 232 g/mol. The van der Waals surface area contributed by atoms with Crippen LogP contribution in [0.25, 0.3) is 0 Å². The zero-order valence-electron chi connectivity index (χ0n) is 11.0. The molecule has 0 bridgehead atoms. The number of hydrogen-bond acceptors (Lipinski definition) is 2. The van der Waals surface area contributed by atoms with Gasteiger partial charge in [-0.3, -0.25) is 0 Å². The van der Waals surface area contributed by atoms with Crippen LogP contribution in [-0.4, -0.2) is 13.1 Å². The molecule has 0 aliphatic carbocycles. The molecule has 94 valence electrons. The summed E-state index contributed by atoms with van der Waals surface area (Å²) in [6, 6.07) is 8.74. The van der Waals surface area contributed by atoms with Gasteiger partial charge in [0.25, 0.3) is 0 Å². The lowest BCUT2D eigenvalue weighted by Crippen LogP contribution is -2.23. The van der Waals surface area contributed by atoms with Crippen molar-refractivity contribution in [2.24, 2.45) is 5.73 Å². The Hall–Kier alpha value is -1.28. The first kappa shape index (κ1) is 13.8. The fraction of sp³-hybridized carbons (Fsp3) is 0.467. The first-order chi connectivity index (χ1) is 8.22. The molecule has 2 nitrogen and oxygen atoms in total. The summed E-state index contributed by atoms with van der Waals surface area (Å²) >= 11 is 0. The molecule has 0 fully saturated rings. The Morgan fingerprint density at radius 1 is 1.29 bits per heavy atom. The zero-order valence-corrected chi connectivity index (χ0v) is 11.0. The molecule has 0 radical (unpaired) electrons. The maximum atomic E-state index is 6.01. The van der Waals surface area contributed by atoms with Gasteiger partial charge < -0.3 is 10.6 Å². The molecule has 0 heterocycles. The predicted octanol–water partition coefficient (Wildman–Crippen LogP) is 3.50. The van der Waals surface area contributed by atoms with Gasteiger partial charge in [0, 0.05) is 24.8 Å². The summed E-state index contributed by atoms with van der Waals surface area (Å²) in [4.78, 5) is 2.33. The first-order valence-corrected chi connectivity index (χ1v) is 6.44. The summed E-state index contributed by atoms with van der Waals surface area (Å²) in [6.45, 7) is 10.1. The second-order valence-corrected chi connectivity index (χ2v) is 4.34. The van der Waals surface area contributed by atoms with Gasteiger partial charge in [0.2, 0.25) is 0 Å². The summed E-state index contributed by atoms with van der Waals surface area (Å²) in [5.41, 5.74) is 8.47. The van der Waals surface area contributed by atoms with Crippen molar-refractivity contribution in [3.05, 3.63) is 42.5 Å². The predicted molar refractivity (Wildman–Crippen MR) is 76.4 cm³/mol. The van der Waals surface area contributed by atoms with Crippen LogP contribution in [-0.2, 0) is 0 Å². The highest BCUT2D eigenvalue weighted by Gasteiger charge is 2.06. The lowest BCUT2D eigenvalue weighted by molar-refractivity contribution is 0.698. The number of benzene rings is 1. The molecule has 0 aliphatic heterocycles. The van der Waals surface area contributed by atoms with Crippen LogP contribution in [0.1, 0.15) is 38.3 Å². The third-order valence-corrected chi connectivity index (χ3v) is 2.97. The smallest absolute Gasteiger partial charge is 0.0369 e. The minimum absolute atomic E-state index is 0.156. The molecule has 0 amide bonds.